The van der Waals surface area contributed by atoms with Gasteiger partial charge in [0, 0.05) is 18.4 Å². The van der Waals surface area contributed by atoms with Crippen LogP contribution in [0.5, 0.6) is 0 Å². The summed E-state index contributed by atoms with van der Waals surface area (Å²) in [5.41, 5.74) is 2.69. The summed E-state index contributed by atoms with van der Waals surface area (Å²) in [6.07, 6.45) is 1.53. The van der Waals surface area contributed by atoms with Crippen LogP contribution in [0.25, 0.3) is 0 Å². The molecule has 1 saturated heterocycles. The summed E-state index contributed by atoms with van der Waals surface area (Å²) in [6, 6.07) is 8.33. The average Bonchev–Trinajstić information content (AvgIpc) is 3.32. The van der Waals surface area contributed by atoms with E-state index in [-0.39, 0.29) is 11.3 Å². The lowest BCUT2D eigenvalue weighted by molar-refractivity contribution is -0.155. The van der Waals surface area contributed by atoms with Gasteiger partial charge in [-0.15, -0.1) is 11.8 Å². The molecule has 8 heteroatoms. The minimum atomic E-state index is -0.758. The zero-order chi connectivity index (χ0) is 20.3. The van der Waals surface area contributed by atoms with E-state index in [1.807, 2.05) is 26.0 Å². The average molecular weight is 402 g/mol. The van der Waals surface area contributed by atoms with Gasteiger partial charge in [0.05, 0.1) is 6.26 Å². The molecule has 2 atom stereocenters. The van der Waals surface area contributed by atoms with E-state index in [2.05, 4.69) is 5.32 Å². The van der Waals surface area contributed by atoms with E-state index in [9.17, 15) is 14.4 Å². The van der Waals surface area contributed by atoms with Crippen LogP contribution >= 0.6 is 11.8 Å². The summed E-state index contributed by atoms with van der Waals surface area (Å²) in [4.78, 5) is 38.2. The summed E-state index contributed by atoms with van der Waals surface area (Å²) in [5, 5.41) is 2.36. The maximum absolute atomic E-state index is 12.5. The third-order valence-electron chi connectivity index (χ3n) is 4.65. The van der Waals surface area contributed by atoms with Crippen LogP contribution < -0.4 is 5.32 Å². The Balaban J connectivity index is 1.60. The van der Waals surface area contributed by atoms with Crippen LogP contribution in [-0.4, -0.2) is 41.1 Å². The molecule has 3 rings (SSSR count). The van der Waals surface area contributed by atoms with Crippen molar-refractivity contribution >= 4 is 35.2 Å². The lowest BCUT2D eigenvalue weighted by Crippen LogP contribution is -2.43. The Morgan fingerprint density at radius 2 is 2.04 bits per heavy atom. The van der Waals surface area contributed by atoms with E-state index < -0.39 is 24.5 Å². The first-order valence-electron chi connectivity index (χ1n) is 8.85. The molecule has 0 spiro atoms. The normalized spacial score (nSPS) is 18.8. The largest absolute Gasteiger partial charge is 0.466 e. The Bertz CT molecular complexity index is 881. The van der Waals surface area contributed by atoms with Crippen LogP contribution in [0.4, 0.5) is 5.69 Å². The lowest BCUT2D eigenvalue weighted by atomic mass is 10.1. The summed E-state index contributed by atoms with van der Waals surface area (Å²) < 4.78 is 10.6. The van der Waals surface area contributed by atoms with E-state index >= 15 is 0 Å². The Morgan fingerprint density at radius 3 is 2.71 bits per heavy atom. The number of benzene rings is 1. The summed E-state index contributed by atoms with van der Waals surface area (Å²) >= 11 is 1.42. The number of nitrogens with zero attached hydrogens (tertiary/aromatic N) is 1. The van der Waals surface area contributed by atoms with Gasteiger partial charge in [0.2, 0.25) is 5.91 Å². The Kier molecular flexibility index (Phi) is 6.08. The first-order valence-corrected chi connectivity index (χ1v) is 9.90. The van der Waals surface area contributed by atoms with Gasteiger partial charge in [0.1, 0.15) is 17.2 Å². The number of amides is 2. The van der Waals surface area contributed by atoms with Gasteiger partial charge in [-0.05, 0) is 43.2 Å². The zero-order valence-electron chi connectivity index (χ0n) is 15.9. The molecule has 1 aromatic heterocycles. The van der Waals surface area contributed by atoms with Crippen molar-refractivity contribution in [2.45, 2.75) is 32.2 Å². The van der Waals surface area contributed by atoms with Crippen molar-refractivity contribution in [1.29, 1.82) is 0 Å². The minimum Gasteiger partial charge on any atom is -0.466 e. The second-order valence-electron chi connectivity index (χ2n) is 6.55. The number of hydrogen-bond acceptors (Lipinski definition) is 6. The summed E-state index contributed by atoms with van der Waals surface area (Å²) in [5.74, 6) is -0.309. The van der Waals surface area contributed by atoms with E-state index in [0.717, 1.165) is 11.1 Å². The maximum Gasteiger partial charge on any atom is 0.330 e. The maximum atomic E-state index is 12.5. The van der Waals surface area contributed by atoms with E-state index in [1.165, 1.54) is 29.8 Å². The van der Waals surface area contributed by atoms with Crippen LogP contribution in [0, 0.1) is 13.8 Å². The van der Waals surface area contributed by atoms with Crippen molar-refractivity contribution in [2.75, 3.05) is 17.7 Å². The molecule has 0 aliphatic carbocycles. The quantitative estimate of drug-likeness (QED) is 0.774. The molecular weight excluding hydrogens is 380 g/mol. The second kappa shape index (κ2) is 8.52. The van der Waals surface area contributed by atoms with Gasteiger partial charge in [-0.3, -0.25) is 9.59 Å². The minimum absolute atomic E-state index is 0.256. The Morgan fingerprint density at radius 1 is 1.25 bits per heavy atom. The lowest BCUT2D eigenvalue weighted by Gasteiger charge is -2.25. The highest BCUT2D eigenvalue weighted by molar-refractivity contribution is 7.99. The molecule has 0 radical (unpaired) electrons. The van der Waals surface area contributed by atoms with Gasteiger partial charge in [0.15, 0.2) is 6.61 Å². The molecule has 0 unspecified atom stereocenters. The third kappa shape index (κ3) is 4.22. The molecule has 1 N–H and O–H groups in total. The fourth-order valence-corrected chi connectivity index (χ4v) is 4.44. The molecule has 0 bridgehead atoms. The van der Waals surface area contributed by atoms with Crippen molar-refractivity contribution in [3.8, 4) is 0 Å². The summed E-state index contributed by atoms with van der Waals surface area (Å²) in [7, 11) is 0. The molecule has 28 heavy (non-hydrogen) atoms. The van der Waals surface area contributed by atoms with Crippen molar-refractivity contribution in [2.24, 2.45) is 0 Å². The van der Waals surface area contributed by atoms with Crippen LogP contribution in [0.2, 0.25) is 0 Å². The van der Waals surface area contributed by atoms with Gasteiger partial charge in [-0.2, -0.15) is 0 Å². The van der Waals surface area contributed by atoms with E-state index in [4.69, 9.17) is 9.15 Å². The van der Waals surface area contributed by atoms with Crippen molar-refractivity contribution in [1.82, 2.24) is 4.90 Å². The third-order valence-corrected chi connectivity index (χ3v) is 5.93. The van der Waals surface area contributed by atoms with Gasteiger partial charge in [-0.25, -0.2) is 4.79 Å². The smallest absolute Gasteiger partial charge is 0.330 e. The summed E-state index contributed by atoms with van der Waals surface area (Å²) in [6.45, 7) is 4.85. The molecule has 1 aromatic carbocycles. The number of carbonyl (C=O) groups excluding carboxylic acids is 3. The molecule has 2 amide bonds. The first kappa shape index (κ1) is 20.0. The number of furan rings is 1. The molecule has 7 nitrogen and oxygen atoms in total. The highest BCUT2D eigenvalue weighted by atomic mass is 32.2. The number of aryl methyl sites for hydroxylation is 1. The van der Waals surface area contributed by atoms with Gasteiger partial charge >= 0.3 is 5.97 Å². The van der Waals surface area contributed by atoms with Gasteiger partial charge < -0.3 is 19.4 Å². The number of thioether (sulfide) groups is 1. The fraction of sp³-hybridized carbons (Fsp3) is 0.350. The molecule has 1 aliphatic heterocycles. The molecular formula is C20H22N2O5S. The number of ether oxygens (including phenoxy) is 1. The topological polar surface area (TPSA) is 88.8 Å². The number of nitrogens with one attached hydrogen (secondary N) is 1. The molecule has 1 aliphatic rings. The SMILES string of the molecule is CC(=O)N1[C@@H](C(=O)OCC(=O)Nc2cccc(C)c2C)CS[C@H]1c1ccco1. The number of carbonyl (C=O) groups is 3. The molecule has 2 heterocycles. The van der Waals surface area contributed by atoms with E-state index in [1.54, 1.807) is 18.2 Å². The Labute approximate surface area is 167 Å². The highest BCUT2D eigenvalue weighted by Crippen LogP contribution is 2.41. The van der Waals surface area contributed by atoms with Crippen molar-refractivity contribution in [3.63, 3.8) is 0 Å². The second-order valence-corrected chi connectivity index (χ2v) is 7.66. The zero-order valence-corrected chi connectivity index (χ0v) is 16.7. The predicted octanol–water partition coefficient (Wildman–Crippen LogP) is 3.04. The number of anilines is 1. The molecule has 1 fully saturated rings. The van der Waals surface area contributed by atoms with Crippen molar-refractivity contribution in [3.05, 3.63) is 53.5 Å². The monoisotopic (exact) mass is 402 g/mol. The molecule has 0 saturated carbocycles. The fourth-order valence-electron chi connectivity index (χ4n) is 3.03. The van der Waals surface area contributed by atoms with E-state index in [0.29, 0.717) is 17.2 Å². The van der Waals surface area contributed by atoms with Crippen molar-refractivity contribution < 1.29 is 23.5 Å². The number of rotatable bonds is 5. The van der Waals surface area contributed by atoms with Crippen LogP contribution in [-0.2, 0) is 19.1 Å². The van der Waals surface area contributed by atoms with Crippen LogP contribution in [0.1, 0.15) is 29.2 Å². The highest BCUT2D eigenvalue weighted by Gasteiger charge is 2.43. The van der Waals surface area contributed by atoms with Crippen LogP contribution in [0.15, 0.2) is 41.0 Å². The van der Waals surface area contributed by atoms with Gasteiger partial charge in [-0.1, -0.05) is 12.1 Å². The predicted molar refractivity (Wildman–Crippen MR) is 106 cm³/mol. The molecule has 148 valence electrons. The number of esters is 1. The van der Waals surface area contributed by atoms with Crippen LogP contribution in [0.3, 0.4) is 0 Å². The van der Waals surface area contributed by atoms with Gasteiger partial charge in [0.25, 0.3) is 5.91 Å². The Hall–Kier alpha value is -2.74. The molecule has 2 aromatic rings. The first-order chi connectivity index (χ1) is 13.4. The standard InChI is InChI=1S/C20H22N2O5S/c1-12-6-4-7-15(13(12)2)21-18(24)10-27-20(25)16-11-28-19(22(16)14(3)23)17-8-5-9-26-17/h4-9,16,19H,10-11H2,1-3H3,(H,21,24)/t16-,19+/m1/s1. The number of hydrogen-bond donors (Lipinski definition) is 1.